The maximum Gasteiger partial charge on any atom is 0.272 e. The summed E-state index contributed by atoms with van der Waals surface area (Å²) < 4.78 is 35.4. The zero-order valence-electron chi connectivity index (χ0n) is 18.3. The first-order chi connectivity index (χ1) is 14.4. The number of carbonyl (C=O) groups is 1. The number of carbonyl (C=O) groups excluding carboxylic acids is 1. The van der Waals surface area contributed by atoms with Crippen molar-refractivity contribution in [3.63, 3.8) is 0 Å². The highest BCUT2D eigenvalue weighted by Gasteiger charge is 2.27. The molecule has 31 heavy (non-hydrogen) atoms. The summed E-state index contributed by atoms with van der Waals surface area (Å²) in [6, 6.07) is 2.82. The number of hydrogen-bond acceptors (Lipinski definition) is 7. The van der Waals surface area contributed by atoms with Gasteiger partial charge in [0.05, 0.1) is 4.92 Å². The van der Waals surface area contributed by atoms with Crippen molar-refractivity contribution in [2.24, 2.45) is 7.05 Å². The third kappa shape index (κ3) is 5.58. The Morgan fingerprint density at radius 3 is 2.52 bits per heavy atom. The first-order valence-corrected chi connectivity index (χ1v) is 11.2. The lowest BCUT2D eigenvalue weighted by Gasteiger charge is -2.15. The predicted octanol–water partition coefficient (Wildman–Crippen LogP) is 2.64. The van der Waals surface area contributed by atoms with Gasteiger partial charge in [-0.15, -0.1) is 0 Å². The van der Waals surface area contributed by atoms with E-state index in [4.69, 9.17) is 4.74 Å². The molecule has 0 saturated carbocycles. The average Bonchev–Trinajstić information content (AvgIpc) is 2.95. The Bertz CT molecular complexity index is 1090. The number of sulfonamides is 1. The largest absolute Gasteiger partial charge is 0.438 e. The van der Waals surface area contributed by atoms with E-state index in [2.05, 4.69) is 15.1 Å². The fourth-order valence-electron chi connectivity index (χ4n) is 2.72. The molecular weight excluding hydrogens is 426 g/mol. The molecule has 1 aromatic carbocycles. The zero-order chi connectivity index (χ0) is 23.5. The number of hydrogen-bond donors (Lipinski definition) is 2. The molecule has 11 nitrogen and oxygen atoms in total. The predicted molar refractivity (Wildman–Crippen MR) is 114 cm³/mol. The van der Waals surface area contributed by atoms with Crippen LogP contribution in [0.4, 0.5) is 5.69 Å². The summed E-state index contributed by atoms with van der Waals surface area (Å²) >= 11 is 0. The highest BCUT2D eigenvalue weighted by Crippen LogP contribution is 2.34. The highest BCUT2D eigenvalue weighted by molar-refractivity contribution is 7.89. The molecule has 0 bridgehead atoms. The van der Waals surface area contributed by atoms with E-state index in [0.717, 1.165) is 12.1 Å². The second kappa shape index (κ2) is 9.43. The van der Waals surface area contributed by atoms with Crippen molar-refractivity contribution >= 4 is 21.6 Å². The number of amides is 1. The molecule has 1 heterocycles. The van der Waals surface area contributed by atoms with Crippen molar-refractivity contribution < 1.29 is 22.9 Å². The Balaban J connectivity index is 2.54. The van der Waals surface area contributed by atoms with Gasteiger partial charge >= 0.3 is 0 Å². The molecule has 1 aromatic heterocycles. The summed E-state index contributed by atoms with van der Waals surface area (Å²) in [5.74, 6) is -0.376. The molecule has 2 aromatic rings. The molecule has 170 valence electrons. The van der Waals surface area contributed by atoms with Crippen LogP contribution in [-0.2, 0) is 17.1 Å². The minimum atomic E-state index is -4.12. The van der Waals surface area contributed by atoms with Crippen molar-refractivity contribution in [2.45, 2.75) is 58.0 Å². The maximum absolute atomic E-state index is 12.9. The number of nitro benzene ring substituents is 1. The van der Waals surface area contributed by atoms with Crippen LogP contribution in [-0.4, -0.2) is 41.1 Å². The number of aryl methyl sites for hydroxylation is 1. The minimum absolute atomic E-state index is 0.101. The molecule has 2 N–H and O–H groups in total. The number of benzene rings is 1. The summed E-state index contributed by atoms with van der Waals surface area (Å²) in [6.45, 7) is 8.73. The van der Waals surface area contributed by atoms with Gasteiger partial charge in [0, 0.05) is 36.8 Å². The quantitative estimate of drug-likeness (QED) is 0.438. The Labute approximate surface area is 181 Å². The molecule has 0 aliphatic carbocycles. The molecule has 0 aliphatic rings. The third-order valence-corrected chi connectivity index (χ3v) is 6.07. The van der Waals surface area contributed by atoms with Gasteiger partial charge in [0.25, 0.3) is 11.6 Å². The molecule has 0 fully saturated rings. The second-order valence-corrected chi connectivity index (χ2v) is 9.13. The smallest absolute Gasteiger partial charge is 0.272 e. The number of aromatic nitrogens is 2. The van der Waals surface area contributed by atoms with Gasteiger partial charge < -0.3 is 10.1 Å². The molecule has 0 radical (unpaired) electrons. The summed E-state index contributed by atoms with van der Waals surface area (Å²) in [5, 5.41) is 18.1. The molecule has 12 heteroatoms. The van der Waals surface area contributed by atoms with E-state index in [1.807, 2.05) is 13.8 Å². The van der Waals surface area contributed by atoms with Crippen LogP contribution in [0.3, 0.4) is 0 Å². The lowest BCUT2D eigenvalue weighted by molar-refractivity contribution is -0.385. The van der Waals surface area contributed by atoms with Crippen molar-refractivity contribution in [1.29, 1.82) is 0 Å². The number of nitrogens with one attached hydrogen (secondary N) is 2. The fourth-order valence-corrected chi connectivity index (χ4v) is 4.20. The summed E-state index contributed by atoms with van der Waals surface area (Å²) in [5.41, 5.74) is 0.142. The van der Waals surface area contributed by atoms with Crippen LogP contribution < -0.4 is 14.8 Å². The highest BCUT2D eigenvalue weighted by atomic mass is 32.2. The number of nitro groups is 1. The van der Waals surface area contributed by atoms with E-state index in [1.54, 1.807) is 27.8 Å². The van der Waals surface area contributed by atoms with E-state index in [-0.39, 0.29) is 34.3 Å². The van der Waals surface area contributed by atoms with Gasteiger partial charge in [0.2, 0.25) is 15.9 Å². The molecular formula is C19H27N5O6S. The van der Waals surface area contributed by atoms with E-state index < -0.39 is 26.5 Å². The van der Waals surface area contributed by atoms with Crippen molar-refractivity contribution in [2.75, 3.05) is 0 Å². The second-order valence-electron chi connectivity index (χ2n) is 7.45. The molecule has 2 rings (SSSR count). The molecule has 0 unspecified atom stereocenters. The standard InChI is InChI=1S/C19H27N5O6S/c1-7-12(4)22-31(28,29)16-10-14(24(26)27)8-9-15(16)30-19-13(5)17(21-23(19)6)18(25)20-11(2)3/h8-12,22H,7H2,1-6H3,(H,20,25)/t12-/m1/s1. The summed E-state index contributed by atoms with van der Waals surface area (Å²) in [7, 11) is -2.57. The van der Waals surface area contributed by atoms with Gasteiger partial charge in [-0.2, -0.15) is 5.10 Å². The first kappa shape index (κ1) is 24.3. The molecule has 0 aliphatic heterocycles. The summed E-state index contributed by atoms with van der Waals surface area (Å²) in [4.78, 5) is 22.5. The SMILES string of the molecule is CC[C@@H](C)NS(=O)(=O)c1cc([N+](=O)[O-])ccc1Oc1c(C)c(C(=O)NC(C)C)nn1C. The van der Waals surface area contributed by atoms with E-state index in [1.165, 1.54) is 10.7 Å². The lowest BCUT2D eigenvalue weighted by atomic mass is 10.2. The van der Waals surface area contributed by atoms with Crippen LogP contribution in [0, 0.1) is 17.0 Å². The maximum atomic E-state index is 12.9. The third-order valence-electron chi connectivity index (χ3n) is 4.46. The van der Waals surface area contributed by atoms with Gasteiger partial charge in [-0.05, 0) is 40.2 Å². The van der Waals surface area contributed by atoms with Crippen LogP contribution in [0.15, 0.2) is 23.1 Å². The number of ether oxygens (including phenoxy) is 1. The fraction of sp³-hybridized carbons (Fsp3) is 0.474. The number of nitrogens with zero attached hydrogens (tertiary/aromatic N) is 3. The van der Waals surface area contributed by atoms with Crippen LogP contribution in [0.5, 0.6) is 11.6 Å². The van der Waals surface area contributed by atoms with E-state index in [9.17, 15) is 23.3 Å². The van der Waals surface area contributed by atoms with Crippen LogP contribution in [0.25, 0.3) is 0 Å². The lowest BCUT2D eigenvalue weighted by Crippen LogP contribution is -2.32. The number of non-ortho nitro benzene ring substituents is 1. The van der Waals surface area contributed by atoms with Crippen LogP contribution >= 0.6 is 0 Å². The average molecular weight is 454 g/mol. The van der Waals surface area contributed by atoms with Crippen molar-refractivity contribution in [1.82, 2.24) is 19.8 Å². The van der Waals surface area contributed by atoms with Crippen LogP contribution in [0.1, 0.15) is 50.2 Å². The Hall–Kier alpha value is -2.99. The van der Waals surface area contributed by atoms with Crippen LogP contribution in [0.2, 0.25) is 0 Å². The van der Waals surface area contributed by atoms with Gasteiger partial charge in [-0.25, -0.2) is 17.8 Å². The molecule has 1 amide bonds. The number of rotatable bonds is 9. The Morgan fingerprint density at radius 1 is 1.32 bits per heavy atom. The normalized spacial score (nSPS) is 12.6. The van der Waals surface area contributed by atoms with Crippen molar-refractivity contribution in [3.8, 4) is 11.6 Å². The topological polar surface area (TPSA) is 145 Å². The van der Waals surface area contributed by atoms with Gasteiger partial charge in [0.15, 0.2) is 5.69 Å². The molecule has 0 spiro atoms. The van der Waals surface area contributed by atoms with Crippen molar-refractivity contribution in [3.05, 3.63) is 39.6 Å². The minimum Gasteiger partial charge on any atom is -0.438 e. The Morgan fingerprint density at radius 2 is 1.97 bits per heavy atom. The Kier molecular flexibility index (Phi) is 7.39. The first-order valence-electron chi connectivity index (χ1n) is 9.70. The zero-order valence-corrected chi connectivity index (χ0v) is 19.1. The van der Waals surface area contributed by atoms with E-state index >= 15 is 0 Å². The molecule has 1 atom stereocenters. The van der Waals surface area contributed by atoms with Gasteiger partial charge in [-0.3, -0.25) is 14.9 Å². The molecule has 0 saturated heterocycles. The van der Waals surface area contributed by atoms with Gasteiger partial charge in [0.1, 0.15) is 10.6 Å². The summed E-state index contributed by atoms with van der Waals surface area (Å²) in [6.07, 6.45) is 0.527. The monoisotopic (exact) mass is 453 g/mol. The van der Waals surface area contributed by atoms with E-state index in [0.29, 0.717) is 12.0 Å². The van der Waals surface area contributed by atoms with Gasteiger partial charge in [-0.1, -0.05) is 6.92 Å².